The smallest absolute Gasteiger partial charge is 0.193 e. The molecule has 0 aromatic carbocycles. The fourth-order valence-corrected chi connectivity index (χ4v) is 1.31. The van der Waals surface area contributed by atoms with Gasteiger partial charge in [0.25, 0.3) is 0 Å². The Balaban J connectivity index is 4.14. The highest BCUT2D eigenvalue weighted by molar-refractivity contribution is 8.14. The Bertz CT molecular complexity index is 151. The minimum absolute atomic E-state index is 0.421. The van der Waals surface area contributed by atoms with Gasteiger partial charge in [-0.3, -0.25) is 0 Å². The van der Waals surface area contributed by atoms with Crippen LogP contribution in [0.3, 0.4) is 0 Å². The van der Waals surface area contributed by atoms with Crippen LogP contribution in [0.2, 0.25) is 0 Å². The van der Waals surface area contributed by atoms with Crippen molar-refractivity contribution in [3.63, 3.8) is 0 Å². The zero-order valence-electron chi connectivity index (χ0n) is 5.03. The Morgan fingerprint density at radius 2 is 2.44 bits per heavy atom. The molecule has 0 aromatic heterocycles. The van der Waals surface area contributed by atoms with Crippen LogP contribution in [-0.2, 0) is 11.1 Å². The number of allylic oxidation sites excluding steroid dienone is 2. The van der Waals surface area contributed by atoms with E-state index in [9.17, 15) is 4.21 Å². The zero-order valence-corrected chi connectivity index (χ0v) is 6.67. The van der Waals surface area contributed by atoms with Gasteiger partial charge in [-0.1, -0.05) is 12.7 Å². The Labute approximate surface area is 61.3 Å². The molecule has 0 amide bonds. The van der Waals surface area contributed by atoms with Crippen LogP contribution in [0.4, 0.5) is 0 Å². The molecule has 0 radical (unpaired) electrons. The van der Waals surface area contributed by atoms with Crippen LogP contribution in [0.25, 0.3) is 0 Å². The Morgan fingerprint density at radius 1 is 1.89 bits per heavy atom. The molecule has 0 rings (SSSR count). The summed E-state index contributed by atoms with van der Waals surface area (Å²) < 4.78 is 19.2. The molecule has 2 nitrogen and oxygen atoms in total. The van der Waals surface area contributed by atoms with Gasteiger partial charge in [0.15, 0.2) is 11.1 Å². The molecule has 0 saturated heterocycles. The molecule has 0 aromatic rings. The average molecular weight is 164 g/mol. The lowest BCUT2D eigenvalue weighted by atomic mass is 10.6. The normalized spacial score (nSPS) is 15.1. The third kappa shape index (κ3) is 3.51. The van der Waals surface area contributed by atoms with Crippen LogP contribution in [0.15, 0.2) is 23.0 Å². The summed E-state index contributed by atoms with van der Waals surface area (Å²) in [6.45, 7) is 3.40. The summed E-state index contributed by atoms with van der Waals surface area (Å²) in [5.41, 5.74) is 0. The molecule has 0 aliphatic carbocycles. The molecular weight excluding hydrogens is 156 g/mol. The highest BCUT2D eigenvalue weighted by Gasteiger charge is 1.98. The van der Waals surface area contributed by atoms with Crippen LogP contribution in [-0.4, -0.2) is 15.0 Å². The molecule has 1 N–H and O–H groups in total. The Kier molecular flexibility index (Phi) is 4.75. The highest BCUT2D eigenvalue weighted by Crippen LogP contribution is 2.13. The summed E-state index contributed by atoms with van der Waals surface area (Å²) in [5.74, 6) is 0. The highest BCUT2D eigenvalue weighted by atomic mass is 32.2. The van der Waals surface area contributed by atoms with Crippen molar-refractivity contribution in [3.05, 3.63) is 23.0 Å². The van der Waals surface area contributed by atoms with Crippen molar-refractivity contribution in [1.82, 2.24) is 0 Å². The van der Waals surface area contributed by atoms with Gasteiger partial charge in [0.05, 0.1) is 4.24 Å². The van der Waals surface area contributed by atoms with Gasteiger partial charge in [0, 0.05) is 0 Å². The van der Waals surface area contributed by atoms with E-state index in [2.05, 4.69) is 6.58 Å². The topological polar surface area (TPSA) is 37.3 Å². The average Bonchev–Trinajstić information content (AvgIpc) is 1.82. The number of rotatable bonds is 3. The third-order valence-electron chi connectivity index (χ3n) is 0.627. The molecule has 0 fully saturated rings. The minimum Gasteiger partial charge on any atom is -0.302 e. The van der Waals surface area contributed by atoms with Gasteiger partial charge in [0.1, 0.15) is 0 Å². The quantitative estimate of drug-likeness (QED) is 0.508. The molecule has 0 spiro atoms. The summed E-state index contributed by atoms with van der Waals surface area (Å²) in [5, 5.41) is 0. The predicted octanol–water partition coefficient (Wildman–Crippen LogP) is 1.60. The van der Waals surface area contributed by atoms with Crippen LogP contribution in [0.1, 0.15) is 0 Å². The van der Waals surface area contributed by atoms with Crippen LogP contribution in [0, 0.1) is 0 Å². The van der Waals surface area contributed by atoms with Gasteiger partial charge in [-0.05, 0) is 12.3 Å². The summed E-state index contributed by atoms with van der Waals surface area (Å²) in [7, 11) is 0. The molecule has 0 heterocycles. The maximum atomic E-state index is 10.3. The summed E-state index contributed by atoms with van der Waals surface area (Å²) in [6.07, 6.45) is 4.74. The largest absolute Gasteiger partial charge is 0.302 e. The molecule has 52 valence electrons. The van der Waals surface area contributed by atoms with Crippen molar-refractivity contribution < 1.29 is 8.76 Å². The van der Waals surface area contributed by atoms with Gasteiger partial charge >= 0.3 is 0 Å². The van der Waals surface area contributed by atoms with Gasteiger partial charge in [0.2, 0.25) is 0 Å². The Morgan fingerprint density at radius 3 is 2.56 bits per heavy atom. The van der Waals surface area contributed by atoms with E-state index in [4.69, 9.17) is 4.55 Å². The van der Waals surface area contributed by atoms with Crippen molar-refractivity contribution in [3.8, 4) is 0 Å². The first kappa shape index (κ1) is 8.94. The minimum atomic E-state index is -1.85. The van der Waals surface area contributed by atoms with Gasteiger partial charge in [-0.2, -0.15) is 0 Å². The third-order valence-corrected chi connectivity index (χ3v) is 2.57. The molecule has 1 atom stereocenters. The maximum Gasteiger partial charge on any atom is 0.193 e. The van der Waals surface area contributed by atoms with Crippen LogP contribution < -0.4 is 0 Å². The molecular formula is C5H8O2S2. The van der Waals surface area contributed by atoms with Crippen LogP contribution >= 0.6 is 11.8 Å². The molecule has 1 unspecified atom stereocenters. The summed E-state index contributed by atoms with van der Waals surface area (Å²) in [4.78, 5) is 0. The van der Waals surface area contributed by atoms with E-state index >= 15 is 0 Å². The van der Waals surface area contributed by atoms with E-state index in [0.29, 0.717) is 4.24 Å². The van der Waals surface area contributed by atoms with Crippen molar-refractivity contribution in [2.75, 3.05) is 6.26 Å². The summed E-state index contributed by atoms with van der Waals surface area (Å²) >= 11 is -0.608. The van der Waals surface area contributed by atoms with E-state index in [-0.39, 0.29) is 0 Å². The van der Waals surface area contributed by atoms with E-state index in [1.807, 2.05) is 0 Å². The second-order valence-corrected chi connectivity index (χ2v) is 3.22. The molecule has 4 heteroatoms. The van der Waals surface area contributed by atoms with Crippen molar-refractivity contribution in [2.24, 2.45) is 0 Å². The van der Waals surface area contributed by atoms with Crippen molar-refractivity contribution >= 4 is 22.8 Å². The van der Waals surface area contributed by atoms with E-state index in [0.717, 1.165) is 0 Å². The van der Waals surface area contributed by atoms with Gasteiger partial charge in [-0.15, -0.1) is 11.8 Å². The lowest BCUT2D eigenvalue weighted by molar-refractivity contribution is 0.573. The maximum absolute atomic E-state index is 10.3. The SMILES string of the molecule is C=C/C=C(\SC)S(=O)O. The van der Waals surface area contributed by atoms with Crippen LogP contribution in [0.5, 0.6) is 0 Å². The number of thioether (sulfide) groups is 1. The second kappa shape index (κ2) is 4.78. The lowest BCUT2D eigenvalue weighted by Crippen LogP contribution is -1.85. The first-order valence-electron chi connectivity index (χ1n) is 2.20. The van der Waals surface area contributed by atoms with Crippen molar-refractivity contribution in [2.45, 2.75) is 0 Å². The second-order valence-electron chi connectivity index (χ2n) is 1.17. The molecule has 0 saturated carbocycles. The van der Waals surface area contributed by atoms with E-state index < -0.39 is 11.1 Å². The summed E-state index contributed by atoms with van der Waals surface area (Å²) in [6, 6.07) is 0. The molecule has 0 aliphatic heterocycles. The monoisotopic (exact) mass is 164 g/mol. The number of hydrogen-bond acceptors (Lipinski definition) is 2. The number of hydrogen-bond donors (Lipinski definition) is 1. The van der Waals surface area contributed by atoms with E-state index in [1.165, 1.54) is 23.9 Å². The fourth-order valence-electron chi connectivity index (χ4n) is 0.294. The molecule has 9 heavy (non-hydrogen) atoms. The van der Waals surface area contributed by atoms with E-state index in [1.54, 1.807) is 6.26 Å². The molecule has 0 aliphatic rings. The Hall–Kier alpha value is -0.0600. The first-order chi connectivity index (χ1) is 4.22. The predicted molar refractivity (Wildman–Crippen MR) is 42.6 cm³/mol. The zero-order chi connectivity index (χ0) is 7.28. The van der Waals surface area contributed by atoms with Crippen molar-refractivity contribution in [1.29, 1.82) is 0 Å². The van der Waals surface area contributed by atoms with Gasteiger partial charge in [-0.25, -0.2) is 4.21 Å². The van der Waals surface area contributed by atoms with Gasteiger partial charge < -0.3 is 4.55 Å². The molecule has 0 bridgehead atoms. The fraction of sp³-hybridized carbons (Fsp3) is 0.200. The standard InChI is InChI=1S/C5H8O2S2/c1-3-4-5(8-2)9(6)7/h3-4H,1H2,2H3,(H,6,7)/b5-4+. The first-order valence-corrected chi connectivity index (χ1v) is 4.53. The lowest BCUT2D eigenvalue weighted by Gasteiger charge is -1.92.